The number of fused-ring (bicyclic) bond motifs is 3. The van der Waals surface area contributed by atoms with E-state index in [-0.39, 0.29) is 23.5 Å². The molecule has 0 unspecified atom stereocenters. The Labute approximate surface area is 280 Å². The van der Waals surface area contributed by atoms with E-state index in [1.807, 2.05) is 24.3 Å². The Balaban J connectivity index is 0.000000189. The van der Waals surface area contributed by atoms with E-state index in [2.05, 4.69) is 15.1 Å². The van der Waals surface area contributed by atoms with Crippen molar-refractivity contribution in [3.8, 4) is 0 Å². The lowest BCUT2D eigenvalue weighted by Crippen LogP contribution is -2.57. The van der Waals surface area contributed by atoms with Gasteiger partial charge in [-0.1, -0.05) is 41.9 Å². The molecule has 0 aromatic heterocycles. The number of amides is 1. The molecule has 0 radical (unpaired) electrons. The third-order valence-corrected chi connectivity index (χ3v) is 9.95. The molecule has 1 amide bonds. The minimum atomic E-state index is -0.801. The molecule has 252 valence electrons. The number of nitrogens with one attached hydrogen (secondary N) is 1. The van der Waals surface area contributed by atoms with Crippen LogP contribution in [0.25, 0.3) is 0 Å². The maximum atomic E-state index is 13.7. The second-order valence-corrected chi connectivity index (χ2v) is 13.3. The average Bonchev–Trinajstić information content (AvgIpc) is 3.07. The Morgan fingerprint density at radius 1 is 0.979 bits per heavy atom. The molecule has 4 aliphatic heterocycles. The van der Waals surface area contributed by atoms with Crippen molar-refractivity contribution >= 4 is 23.5 Å². The first-order valence-electron chi connectivity index (χ1n) is 16.5. The van der Waals surface area contributed by atoms with E-state index in [4.69, 9.17) is 16.3 Å². The molecule has 7 rings (SSSR count). The van der Waals surface area contributed by atoms with Crippen molar-refractivity contribution in [2.45, 2.75) is 63.2 Å². The lowest BCUT2D eigenvalue weighted by molar-refractivity contribution is -0.0260. The SMILES string of the molecule is C[C@H](OC(=O)N[C@@H]1CN2CCC1CC2)c1ccccc1F.O=C(CCCN1CCC(O)(c2ccc(Cl)cc2)CC1)c1ccc(F)cc1. The Morgan fingerprint density at radius 3 is 2.26 bits per heavy atom. The second-order valence-electron chi connectivity index (χ2n) is 12.9. The highest BCUT2D eigenvalue weighted by Gasteiger charge is 2.36. The van der Waals surface area contributed by atoms with E-state index in [1.54, 1.807) is 25.1 Å². The zero-order valence-corrected chi connectivity index (χ0v) is 27.6. The predicted octanol–water partition coefficient (Wildman–Crippen LogP) is 7.13. The molecule has 4 aliphatic rings. The molecular weight excluding hydrogens is 624 g/mol. The van der Waals surface area contributed by atoms with Crippen molar-refractivity contribution in [1.82, 2.24) is 15.1 Å². The third kappa shape index (κ3) is 9.60. The van der Waals surface area contributed by atoms with Crippen molar-refractivity contribution in [2.75, 3.05) is 39.3 Å². The first-order valence-corrected chi connectivity index (χ1v) is 16.9. The number of halogens is 3. The number of hydrogen-bond acceptors (Lipinski definition) is 6. The molecule has 4 heterocycles. The summed E-state index contributed by atoms with van der Waals surface area (Å²) in [4.78, 5) is 28.8. The van der Waals surface area contributed by atoms with Gasteiger partial charge in [0.25, 0.3) is 0 Å². The van der Waals surface area contributed by atoms with Gasteiger partial charge in [-0.2, -0.15) is 0 Å². The number of rotatable bonds is 9. The van der Waals surface area contributed by atoms with Crippen molar-refractivity contribution in [2.24, 2.45) is 5.92 Å². The van der Waals surface area contributed by atoms with Crippen LogP contribution in [0.3, 0.4) is 0 Å². The highest BCUT2D eigenvalue weighted by atomic mass is 35.5. The molecule has 10 heteroatoms. The number of ketones is 1. The second kappa shape index (κ2) is 16.2. The quantitative estimate of drug-likeness (QED) is 0.236. The van der Waals surface area contributed by atoms with Crippen LogP contribution in [0.1, 0.15) is 73.0 Å². The number of nitrogens with zero attached hydrogens (tertiary/aromatic N) is 2. The van der Waals surface area contributed by atoms with Crippen LogP contribution >= 0.6 is 11.6 Å². The number of likely N-dealkylation sites (tertiary alicyclic amines) is 1. The van der Waals surface area contributed by atoms with Crippen molar-refractivity contribution in [1.29, 1.82) is 0 Å². The summed E-state index contributed by atoms with van der Waals surface area (Å²) in [6, 6.07) is 19.6. The van der Waals surface area contributed by atoms with Crippen LogP contribution in [0.4, 0.5) is 13.6 Å². The van der Waals surface area contributed by atoms with Crippen LogP contribution < -0.4 is 5.32 Å². The molecule has 0 aliphatic carbocycles. The molecular formula is C37H44ClF2N3O4. The molecule has 0 saturated carbocycles. The highest BCUT2D eigenvalue weighted by Crippen LogP contribution is 2.33. The van der Waals surface area contributed by atoms with Crippen molar-refractivity contribution in [3.63, 3.8) is 0 Å². The lowest BCUT2D eigenvalue weighted by atomic mass is 9.84. The summed E-state index contributed by atoms with van der Waals surface area (Å²) in [5.41, 5.74) is 1.07. The minimum absolute atomic E-state index is 0.0414. The normalized spacial score (nSPS) is 22.4. The summed E-state index contributed by atoms with van der Waals surface area (Å²) < 4.78 is 31.9. The van der Waals surface area contributed by atoms with Gasteiger partial charge in [-0.3, -0.25) is 4.79 Å². The maximum Gasteiger partial charge on any atom is 0.408 e. The van der Waals surface area contributed by atoms with Crippen LogP contribution in [0.5, 0.6) is 0 Å². The Bertz CT molecular complexity index is 1470. The van der Waals surface area contributed by atoms with Gasteiger partial charge >= 0.3 is 6.09 Å². The smallest absolute Gasteiger partial charge is 0.408 e. The van der Waals surface area contributed by atoms with Gasteiger partial charge in [0.1, 0.15) is 17.7 Å². The molecule has 2 atom stereocenters. The summed E-state index contributed by atoms with van der Waals surface area (Å²) >= 11 is 5.92. The van der Waals surface area contributed by atoms with Crippen molar-refractivity contribution in [3.05, 3.63) is 106 Å². The number of ether oxygens (including phenoxy) is 1. The molecule has 7 nitrogen and oxygen atoms in total. The van der Waals surface area contributed by atoms with Gasteiger partial charge in [0.15, 0.2) is 5.78 Å². The van der Waals surface area contributed by atoms with E-state index in [9.17, 15) is 23.5 Å². The third-order valence-electron chi connectivity index (χ3n) is 9.70. The number of carbonyl (C=O) groups excluding carboxylic acids is 2. The van der Waals surface area contributed by atoms with E-state index in [0.717, 1.165) is 64.1 Å². The van der Waals surface area contributed by atoms with Crippen LogP contribution in [-0.2, 0) is 10.3 Å². The molecule has 4 fully saturated rings. The zero-order chi connectivity index (χ0) is 33.4. The summed E-state index contributed by atoms with van der Waals surface area (Å²) in [6.45, 7) is 7.26. The largest absolute Gasteiger partial charge is 0.442 e. The van der Waals surface area contributed by atoms with Crippen LogP contribution in [0, 0.1) is 17.6 Å². The van der Waals surface area contributed by atoms with Gasteiger partial charge in [-0.15, -0.1) is 0 Å². The molecule has 4 saturated heterocycles. The average molecular weight is 668 g/mol. The summed E-state index contributed by atoms with van der Waals surface area (Å²) in [5, 5.41) is 14.5. The Morgan fingerprint density at radius 2 is 1.64 bits per heavy atom. The van der Waals surface area contributed by atoms with Crippen LogP contribution in [-0.4, -0.2) is 72.1 Å². The van der Waals surface area contributed by atoms with Gasteiger partial charge in [0, 0.05) is 48.2 Å². The minimum Gasteiger partial charge on any atom is -0.442 e. The fraction of sp³-hybridized carbons (Fsp3) is 0.459. The maximum absolute atomic E-state index is 13.7. The molecule has 2 N–H and O–H groups in total. The predicted molar refractivity (Wildman–Crippen MR) is 178 cm³/mol. The Kier molecular flexibility index (Phi) is 12.0. The molecule has 0 spiro atoms. The number of hydrogen-bond donors (Lipinski definition) is 2. The van der Waals surface area contributed by atoms with E-state index in [1.165, 1.54) is 30.3 Å². The van der Waals surface area contributed by atoms with Crippen LogP contribution in [0.15, 0.2) is 72.8 Å². The molecule has 2 bridgehead atoms. The fourth-order valence-electron chi connectivity index (χ4n) is 6.78. The standard InChI is InChI=1S/C21H23ClFNO2.C16H21FN2O2/c22-18-7-5-17(6-8-18)21(26)11-14-24(15-12-21)13-1-2-20(25)16-3-9-19(23)10-4-16;1-11(13-4-2-3-5-14(13)17)21-16(20)18-15-10-19-8-6-12(15)7-9-19/h3-10,26H,1-2,11-15H2;2-5,11-12,15H,6-10H2,1H3,(H,18,20)/t;11-,15+/m.0/s1. The topological polar surface area (TPSA) is 82.1 Å². The van der Waals surface area contributed by atoms with Gasteiger partial charge in [-0.25, -0.2) is 13.6 Å². The summed E-state index contributed by atoms with van der Waals surface area (Å²) in [5.74, 6) is -0.0883. The number of carbonyl (C=O) groups is 2. The van der Waals surface area contributed by atoms with Crippen molar-refractivity contribution < 1.29 is 28.2 Å². The summed E-state index contributed by atoms with van der Waals surface area (Å²) in [6.07, 6.45) is 3.76. The summed E-state index contributed by atoms with van der Waals surface area (Å²) in [7, 11) is 0. The van der Waals surface area contributed by atoms with Gasteiger partial charge < -0.3 is 25.0 Å². The Hall–Kier alpha value is -3.37. The molecule has 3 aromatic carbocycles. The fourth-order valence-corrected chi connectivity index (χ4v) is 6.91. The van der Waals surface area contributed by atoms with Gasteiger partial charge in [0.05, 0.1) is 5.60 Å². The van der Waals surface area contributed by atoms with Crippen LogP contribution in [0.2, 0.25) is 5.02 Å². The monoisotopic (exact) mass is 667 g/mol. The number of alkyl carbamates (subject to hydrolysis) is 1. The van der Waals surface area contributed by atoms with E-state index < -0.39 is 17.8 Å². The lowest BCUT2D eigenvalue weighted by Gasteiger charge is -2.44. The van der Waals surface area contributed by atoms with E-state index in [0.29, 0.717) is 41.3 Å². The van der Waals surface area contributed by atoms with E-state index >= 15 is 0 Å². The first-order chi connectivity index (χ1) is 22.6. The number of Topliss-reactive ketones (excluding diaryl/α,β-unsaturated/α-hetero) is 1. The van der Waals surface area contributed by atoms with Gasteiger partial charge in [-0.05, 0) is 113 Å². The first kappa shape index (κ1) is 35.0. The number of benzene rings is 3. The zero-order valence-electron chi connectivity index (χ0n) is 26.8. The number of piperidine rings is 4. The molecule has 3 aromatic rings. The van der Waals surface area contributed by atoms with Gasteiger partial charge in [0.2, 0.25) is 0 Å². The molecule has 47 heavy (non-hydrogen) atoms. The highest BCUT2D eigenvalue weighted by molar-refractivity contribution is 6.30. The number of aliphatic hydroxyl groups is 1.